The number of nitrogens with zero attached hydrogens (tertiary/aromatic N) is 3. The molecular weight excluding hydrogens is 479 g/mol. The summed E-state index contributed by atoms with van der Waals surface area (Å²) in [6.07, 6.45) is 8.43. The summed E-state index contributed by atoms with van der Waals surface area (Å²) in [6.45, 7) is 5.35. The van der Waals surface area contributed by atoms with Crippen LogP contribution in [0.4, 0.5) is 10.1 Å². The molecule has 1 unspecified atom stereocenters. The van der Waals surface area contributed by atoms with Crippen LogP contribution >= 0.6 is 0 Å². The number of amides is 2. The van der Waals surface area contributed by atoms with E-state index < -0.39 is 11.7 Å². The molecule has 2 aromatic carbocycles. The first kappa shape index (κ1) is 24.6. The molecular formula is C31H33FN4O2. The topological polar surface area (TPSA) is 65.5 Å². The number of likely N-dealkylation sites (tertiary alicyclic amines) is 1. The molecule has 6 nitrogen and oxygen atoms in total. The molecule has 3 aromatic rings. The largest absolute Gasteiger partial charge is 0.371 e. The zero-order chi connectivity index (χ0) is 26.3. The molecule has 0 radical (unpaired) electrons. The summed E-state index contributed by atoms with van der Waals surface area (Å²) >= 11 is 0. The number of carbonyl (C=O) groups is 2. The molecule has 3 heterocycles. The van der Waals surface area contributed by atoms with E-state index in [0.717, 1.165) is 75.0 Å². The lowest BCUT2D eigenvalue weighted by Crippen LogP contribution is -2.42. The van der Waals surface area contributed by atoms with E-state index in [9.17, 15) is 14.0 Å². The van der Waals surface area contributed by atoms with Crippen molar-refractivity contribution in [2.24, 2.45) is 5.41 Å². The molecule has 2 fully saturated rings. The summed E-state index contributed by atoms with van der Waals surface area (Å²) < 4.78 is 14.4. The normalized spacial score (nSPS) is 20.0. The van der Waals surface area contributed by atoms with Crippen LogP contribution in [-0.2, 0) is 6.42 Å². The minimum atomic E-state index is -0.515. The standard InChI is InChI=1S/C31H33FN4O2/c1-21-2-6-25(27(32)18-21)29(37)34-28-7-5-22-3-4-23(19-26(22)28)30(38)36-17-12-31(20-36)10-15-35(16-11-31)24-8-13-33-14-9-24/h2-4,6,8-9,13-14,18-19,28H,5,7,10-12,15-17,20H2,1H3,(H,34,37). The lowest BCUT2D eigenvalue weighted by Gasteiger charge is -2.40. The van der Waals surface area contributed by atoms with Crippen LogP contribution < -0.4 is 10.2 Å². The monoisotopic (exact) mass is 512 g/mol. The quantitative estimate of drug-likeness (QED) is 0.530. The van der Waals surface area contributed by atoms with Gasteiger partial charge in [0.2, 0.25) is 0 Å². The zero-order valence-corrected chi connectivity index (χ0v) is 21.8. The molecule has 1 atom stereocenters. The Labute approximate surface area is 222 Å². The summed E-state index contributed by atoms with van der Waals surface area (Å²) in [5.74, 6) is -0.876. The molecule has 38 heavy (non-hydrogen) atoms. The third-order valence-electron chi connectivity index (χ3n) is 8.72. The van der Waals surface area contributed by atoms with Crippen molar-refractivity contribution in [1.29, 1.82) is 0 Å². The van der Waals surface area contributed by atoms with Gasteiger partial charge >= 0.3 is 0 Å². The molecule has 1 N–H and O–H groups in total. The van der Waals surface area contributed by atoms with E-state index in [4.69, 9.17) is 0 Å². The predicted molar refractivity (Wildman–Crippen MR) is 145 cm³/mol. The SMILES string of the molecule is Cc1ccc(C(=O)NC2CCc3ccc(C(=O)N4CCC5(CCN(c6ccncc6)CC5)C4)cc32)c(F)c1. The van der Waals surface area contributed by atoms with Gasteiger partial charge in [0.1, 0.15) is 5.82 Å². The Morgan fingerprint density at radius 3 is 2.53 bits per heavy atom. The summed E-state index contributed by atoms with van der Waals surface area (Å²) in [5.41, 5.74) is 4.99. The van der Waals surface area contributed by atoms with Crippen molar-refractivity contribution >= 4 is 17.5 Å². The van der Waals surface area contributed by atoms with Crippen molar-refractivity contribution < 1.29 is 14.0 Å². The van der Waals surface area contributed by atoms with Gasteiger partial charge in [-0.15, -0.1) is 0 Å². The van der Waals surface area contributed by atoms with Gasteiger partial charge in [-0.1, -0.05) is 12.1 Å². The number of carbonyl (C=O) groups excluding carboxylic acids is 2. The van der Waals surface area contributed by atoms with Gasteiger partial charge in [0.05, 0.1) is 11.6 Å². The van der Waals surface area contributed by atoms with Gasteiger partial charge in [-0.2, -0.15) is 0 Å². The van der Waals surface area contributed by atoms with Gasteiger partial charge in [-0.25, -0.2) is 4.39 Å². The molecule has 196 valence electrons. The van der Waals surface area contributed by atoms with Crippen molar-refractivity contribution in [1.82, 2.24) is 15.2 Å². The van der Waals surface area contributed by atoms with Crippen LogP contribution in [0.1, 0.15) is 69.1 Å². The fourth-order valence-corrected chi connectivity index (χ4v) is 6.42. The van der Waals surface area contributed by atoms with Gasteiger partial charge in [0.25, 0.3) is 11.8 Å². The Hall–Kier alpha value is -3.74. The fourth-order valence-electron chi connectivity index (χ4n) is 6.42. The smallest absolute Gasteiger partial charge is 0.254 e. The first-order valence-electron chi connectivity index (χ1n) is 13.5. The summed E-state index contributed by atoms with van der Waals surface area (Å²) in [5, 5.41) is 3.00. The van der Waals surface area contributed by atoms with E-state index in [1.165, 1.54) is 17.8 Å². The number of piperidine rings is 1. The second-order valence-electron chi connectivity index (χ2n) is 11.1. The average Bonchev–Trinajstić information content (AvgIpc) is 3.53. The van der Waals surface area contributed by atoms with Crippen LogP contribution in [0, 0.1) is 18.2 Å². The predicted octanol–water partition coefficient (Wildman–Crippen LogP) is 5.08. The van der Waals surface area contributed by atoms with Crippen molar-refractivity contribution in [3.63, 3.8) is 0 Å². The maximum Gasteiger partial charge on any atom is 0.254 e. The number of hydrogen-bond donors (Lipinski definition) is 1. The zero-order valence-electron chi connectivity index (χ0n) is 21.8. The van der Waals surface area contributed by atoms with Gasteiger partial charge in [0, 0.05) is 49.8 Å². The lowest BCUT2D eigenvalue weighted by atomic mass is 9.77. The highest BCUT2D eigenvalue weighted by Gasteiger charge is 2.42. The van der Waals surface area contributed by atoms with Crippen molar-refractivity contribution in [2.75, 3.05) is 31.1 Å². The Balaban J connectivity index is 1.12. The number of halogens is 1. The maximum absolute atomic E-state index is 14.4. The Morgan fingerprint density at radius 1 is 1.00 bits per heavy atom. The van der Waals surface area contributed by atoms with Crippen molar-refractivity contribution in [3.05, 3.63) is 94.6 Å². The van der Waals surface area contributed by atoms with E-state index >= 15 is 0 Å². The average molecular weight is 513 g/mol. The number of benzene rings is 2. The number of pyridine rings is 1. The number of aryl methyl sites for hydroxylation is 2. The van der Waals surface area contributed by atoms with Crippen LogP contribution in [0.3, 0.4) is 0 Å². The van der Waals surface area contributed by atoms with Crippen LogP contribution in [0.25, 0.3) is 0 Å². The van der Waals surface area contributed by atoms with Gasteiger partial charge in [-0.05, 0) is 97.5 Å². The molecule has 0 bridgehead atoms. The van der Waals surface area contributed by atoms with Gasteiger partial charge in [-0.3, -0.25) is 14.6 Å². The minimum absolute atomic E-state index is 0.0497. The fraction of sp³-hybridized carbons (Fsp3) is 0.387. The molecule has 2 amide bonds. The first-order chi connectivity index (χ1) is 18.4. The Morgan fingerprint density at radius 2 is 1.76 bits per heavy atom. The highest BCUT2D eigenvalue weighted by molar-refractivity contribution is 5.96. The molecule has 1 aliphatic carbocycles. The number of rotatable bonds is 4. The van der Waals surface area contributed by atoms with Gasteiger partial charge < -0.3 is 15.1 Å². The van der Waals surface area contributed by atoms with Crippen molar-refractivity contribution in [3.8, 4) is 0 Å². The van der Waals surface area contributed by atoms with Crippen LogP contribution in [0.5, 0.6) is 0 Å². The van der Waals surface area contributed by atoms with E-state index in [2.05, 4.69) is 27.3 Å². The molecule has 1 aromatic heterocycles. The number of hydrogen-bond acceptors (Lipinski definition) is 4. The molecule has 0 saturated carbocycles. The van der Waals surface area contributed by atoms with Gasteiger partial charge in [0.15, 0.2) is 0 Å². The molecule has 6 rings (SSSR count). The van der Waals surface area contributed by atoms with E-state index in [-0.39, 0.29) is 22.9 Å². The maximum atomic E-state index is 14.4. The molecule has 7 heteroatoms. The van der Waals surface area contributed by atoms with Crippen LogP contribution in [0.15, 0.2) is 60.9 Å². The van der Waals surface area contributed by atoms with E-state index in [1.807, 2.05) is 35.5 Å². The Kier molecular flexibility index (Phi) is 6.38. The summed E-state index contributed by atoms with van der Waals surface area (Å²) in [6, 6.07) is 14.4. The molecule has 2 aliphatic heterocycles. The van der Waals surface area contributed by atoms with E-state index in [0.29, 0.717) is 5.56 Å². The second kappa shape index (κ2) is 9.86. The third-order valence-corrected chi connectivity index (χ3v) is 8.72. The van der Waals surface area contributed by atoms with Crippen LogP contribution in [0.2, 0.25) is 0 Å². The highest BCUT2D eigenvalue weighted by Crippen LogP contribution is 2.42. The molecule has 2 saturated heterocycles. The number of anilines is 1. The van der Waals surface area contributed by atoms with E-state index in [1.54, 1.807) is 13.0 Å². The number of aromatic nitrogens is 1. The lowest BCUT2D eigenvalue weighted by molar-refractivity contribution is 0.0764. The first-order valence-corrected chi connectivity index (χ1v) is 13.5. The van der Waals surface area contributed by atoms with Crippen LogP contribution in [-0.4, -0.2) is 47.9 Å². The molecule has 1 spiro atoms. The third kappa shape index (κ3) is 4.66. The minimum Gasteiger partial charge on any atom is -0.371 e. The highest BCUT2D eigenvalue weighted by atomic mass is 19.1. The van der Waals surface area contributed by atoms with Crippen molar-refractivity contribution in [2.45, 2.75) is 45.1 Å². The summed E-state index contributed by atoms with van der Waals surface area (Å²) in [4.78, 5) is 34.9. The molecule has 3 aliphatic rings. The summed E-state index contributed by atoms with van der Waals surface area (Å²) in [7, 11) is 0. The second-order valence-corrected chi connectivity index (χ2v) is 11.1. The number of fused-ring (bicyclic) bond motifs is 1. The number of nitrogens with one attached hydrogen (secondary N) is 1. The Bertz CT molecular complexity index is 1370.